The average Bonchev–Trinajstić information content (AvgIpc) is 3.11. The van der Waals surface area contributed by atoms with Gasteiger partial charge in [-0.15, -0.1) is 11.3 Å². The van der Waals surface area contributed by atoms with Gasteiger partial charge in [0.2, 0.25) is 0 Å². The second kappa shape index (κ2) is 4.20. The maximum atomic E-state index is 12.6. The molecule has 0 saturated heterocycles. The van der Waals surface area contributed by atoms with E-state index in [1.165, 1.54) is 23.3 Å². The first-order chi connectivity index (χ1) is 9.33. The molecule has 19 heavy (non-hydrogen) atoms. The smallest absolute Gasteiger partial charge is 0.255 e. The molecule has 1 aliphatic heterocycles. The molecule has 0 unspecified atom stereocenters. The van der Waals surface area contributed by atoms with Crippen LogP contribution in [-0.4, -0.2) is 21.0 Å². The lowest BCUT2D eigenvalue weighted by molar-refractivity contribution is 0.0748. The molecule has 1 aliphatic carbocycles. The summed E-state index contributed by atoms with van der Waals surface area (Å²) in [6.45, 7) is 1.36. The standard InChI is InChI=1S/C14H15N3OS/c18-14(17-6-9-5-15-16-12(9)7-17)11-8-19-13-4-2-1-3-10(11)13/h5,8H,1-4,6-7H2,(H,15,16). The molecule has 98 valence electrons. The Morgan fingerprint density at radius 2 is 2.21 bits per heavy atom. The van der Waals surface area contributed by atoms with Crippen LogP contribution in [0, 0.1) is 0 Å². The zero-order valence-electron chi connectivity index (χ0n) is 10.6. The summed E-state index contributed by atoms with van der Waals surface area (Å²) in [5.41, 5.74) is 4.49. The van der Waals surface area contributed by atoms with Crippen LogP contribution < -0.4 is 0 Å². The number of carbonyl (C=O) groups is 1. The van der Waals surface area contributed by atoms with Crippen LogP contribution >= 0.6 is 11.3 Å². The fourth-order valence-corrected chi connectivity index (χ4v) is 4.17. The Kier molecular flexibility index (Phi) is 2.48. The third-order valence-corrected chi connectivity index (χ3v) is 5.19. The highest BCUT2D eigenvalue weighted by molar-refractivity contribution is 7.10. The normalized spacial score (nSPS) is 17.4. The molecule has 0 aromatic carbocycles. The zero-order valence-corrected chi connectivity index (χ0v) is 11.4. The molecule has 0 bridgehead atoms. The first-order valence-electron chi connectivity index (χ1n) is 6.72. The Morgan fingerprint density at radius 3 is 3.11 bits per heavy atom. The second-order valence-corrected chi connectivity index (χ2v) is 6.26. The van der Waals surface area contributed by atoms with Crippen LogP contribution in [0.1, 0.15) is 44.9 Å². The van der Waals surface area contributed by atoms with Crippen molar-refractivity contribution in [2.45, 2.75) is 38.8 Å². The van der Waals surface area contributed by atoms with Crippen molar-refractivity contribution < 1.29 is 4.79 Å². The number of carbonyl (C=O) groups excluding carboxylic acids is 1. The Morgan fingerprint density at radius 1 is 1.32 bits per heavy atom. The van der Waals surface area contributed by atoms with Gasteiger partial charge in [-0.3, -0.25) is 9.89 Å². The molecule has 0 fully saturated rings. The first-order valence-corrected chi connectivity index (χ1v) is 7.60. The summed E-state index contributed by atoms with van der Waals surface area (Å²) in [4.78, 5) is 16.0. The van der Waals surface area contributed by atoms with E-state index in [1.807, 2.05) is 11.1 Å². The number of aryl methyl sites for hydroxylation is 1. The van der Waals surface area contributed by atoms with Gasteiger partial charge in [-0.25, -0.2) is 0 Å². The van der Waals surface area contributed by atoms with E-state index < -0.39 is 0 Å². The summed E-state index contributed by atoms with van der Waals surface area (Å²) in [5.74, 6) is 0.184. The third-order valence-electron chi connectivity index (χ3n) is 4.10. The number of aromatic nitrogens is 2. The monoisotopic (exact) mass is 273 g/mol. The molecule has 0 spiro atoms. The van der Waals surface area contributed by atoms with E-state index >= 15 is 0 Å². The Bertz CT molecular complexity index is 622. The maximum absolute atomic E-state index is 12.6. The summed E-state index contributed by atoms with van der Waals surface area (Å²) >= 11 is 1.76. The van der Waals surface area contributed by atoms with Crippen molar-refractivity contribution in [1.29, 1.82) is 0 Å². The number of H-pyrrole nitrogens is 1. The van der Waals surface area contributed by atoms with Crippen LogP contribution in [0.3, 0.4) is 0 Å². The molecule has 4 nitrogen and oxygen atoms in total. The summed E-state index contributed by atoms with van der Waals surface area (Å²) < 4.78 is 0. The Hall–Kier alpha value is -1.62. The quantitative estimate of drug-likeness (QED) is 0.868. The summed E-state index contributed by atoms with van der Waals surface area (Å²) in [6, 6.07) is 0. The Labute approximate surface area is 115 Å². The second-order valence-electron chi connectivity index (χ2n) is 5.29. The number of nitrogens with one attached hydrogen (secondary N) is 1. The highest BCUT2D eigenvalue weighted by Crippen LogP contribution is 2.32. The maximum Gasteiger partial charge on any atom is 0.255 e. The van der Waals surface area contributed by atoms with Crippen molar-refractivity contribution in [3.8, 4) is 0 Å². The number of hydrogen-bond donors (Lipinski definition) is 1. The van der Waals surface area contributed by atoms with E-state index in [0.717, 1.165) is 29.7 Å². The Balaban J connectivity index is 1.61. The fraction of sp³-hybridized carbons (Fsp3) is 0.429. The topological polar surface area (TPSA) is 49.0 Å². The third kappa shape index (κ3) is 1.72. The number of nitrogens with zero attached hydrogens (tertiary/aromatic N) is 2. The summed E-state index contributed by atoms with van der Waals surface area (Å²) in [6.07, 6.45) is 6.52. The van der Waals surface area contributed by atoms with E-state index in [0.29, 0.717) is 13.1 Å². The first kappa shape index (κ1) is 11.2. The van der Waals surface area contributed by atoms with E-state index in [4.69, 9.17) is 0 Å². The van der Waals surface area contributed by atoms with Gasteiger partial charge >= 0.3 is 0 Å². The molecule has 5 heteroatoms. The number of rotatable bonds is 1. The van der Waals surface area contributed by atoms with Gasteiger partial charge in [0.05, 0.1) is 24.0 Å². The minimum absolute atomic E-state index is 0.184. The molecule has 2 aromatic heterocycles. The molecule has 2 aromatic rings. The zero-order chi connectivity index (χ0) is 12.8. The molecule has 4 rings (SSSR count). The summed E-state index contributed by atoms with van der Waals surface area (Å²) in [7, 11) is 0. The molecular formula is C14H15N3OS. The molecule has 0 radical (unpaired) electrons. The van der Waals surface area contributed by atoms with Crippen LogP contribution in [0.15, 0.2) is 11.6 Å². The summed E-state index contributed by atoms with van der Waals surface area (Å²) in [5, 5.41) is 9.04. The largest absolute Gasteiger partial charge is 0.328 e. The van der Waals surface area contributed by atoms with Crippen molar-refractivity contribution in [3.63, 3.8) is 0 Å². The SMILES string of the molecule is O=C(c1csc2c1CCCC2)N1Cc2cn[nH]c2C1. The lowest BCUT2D eigenvalue weighted by Gasteiger charge is -2.18. The number of hydrogen-bond acceptors (Lipinski definition) is 3. The van der Waals surface area contributed by atoms with E-state index in [-0.39, 0.29) is 5.91 Å². The van der Waals surface area contributed by atoms with E-state index in [2.05, 4.69) is 15.6 Å². The lowest BCUT2D eigenvalue weighted by Crippen LogP contribution is -2.26. The number of thiophene rings is 1. The van der Waals surface area contributed by atoms with E-state index in [1.54, 1.807) is 11.3 Å². The number of aromatic amines is 1. The van der Waals surface area contributed by atoms with Gasteiger partial charge in [0, 0.05) is 22.4 Å². The molecule has 1 amide bonds. The van der Waals surface area contributed by atoms with Gasteiger partial charge in [0.25, 0.3) is 5.91 Å². The van der Waals surface area contributed by atoms with Crippen LogP contribution in [0.25, 0.3) is 0 Å². The minimum Gasteiger partial charge on any atom is -0.328 e. The molecule has 1 N–H and O–H groups in total. The van der Waals surface area contributed by atoms with Crippen molar-refractivity contribution in [2.75, 3.05) is 0 Å². The highest BCUT2D eigenvalue weighted by Gasteiger charge is 2.29. The minimum atomic E-state index is 0.184. The van der Waals surface area contributed by atoms with Crippen LogP contribution in [0.4, 0.5) is 0 Å². The van der Waals surface area contributed by atoms with Crippen molar-refractivity contribution >= 4 is 17.2 Å². The predicted molar refractivity (Wildman–Crippen MR) is 73.1 cm³/mol. The van der Waals surface area contributed by atoms with Gasteiger partial charge in [0.15, 0.2) is 0 Å². The van der Waals surface area contributed by atoms with Crippen LogP contribution in [0.2, 0.25) is 0 Å². The fourth-order valence-electron chi connectivity index (χ4n) is 3.05. The van der Waals surface area contributed by atoms with Crippen LogP contribution in [-0.2, 0) is 25.9 Å². The average molecular weight is 273 g/mol. The highest BCUT2D eigenvalue weighted by atomic mass is 32.1. The van der Waals surface area contributed by atoms with Gasteiger partial charge < -0.3 is 4.90 Å². The molecular weight excluding hydrogens is 258 g/mol. The molecule has 0 atom stereocenters. The molecule has 2 aliphatic rings. The van der Waals surface area contributed by atoms with Gasteiger partial charge in [-0.1, -0.05) is 0 Å². The van der Waals surface area contributed by atoms with Gasteiger partial charge in [0.1, 0.15) is 0 Å². The van der Waals surface area contributed by atoms with E-state index in [9.17, 15) is 4.79 Å². The number of amides is 1. The van der Waals surface area contributed by atoms with Gasteiger partial charge in [-0.2, -0.15) is 5.10 Å². The van der Waals surface area contributed by atoms with Gasteiger partial charge in [-0.05, 0) is 31.2 Å². The van der Waals surface area contributed by atoms with Crippen molar-refractivity contribution in [1.82, 2.24) is 15.1 Å². The lowest BCUT2D eigenvalue weighted by atomic mass is 9.95. The molecule has 0 saturated carbocycles. The molecule has 3 heterocycles. The van der Waals surface area contributed by atoms with Crippen molar-refractivity contribution in [2.24, 2.45) is 0 Å². The predicted octanol–water partition coefficient (Wildman–Crippen LogP) is 2.51. The number of fused-ring (bicyclic) bond motifs is 2. The van der Waals surface area contributed by atoms with Crippen LogP contribution in [0.5, 0.6) is 0 Å². The van der Waals surface area contributed by atoms with Crippen molar-refractivity contribution in [3.05, 3.63) is 38.8 Å².